The number of hydrogen-bond donors (Lipinski definition) is 1. The molecule has 0 heterocycles. The second-order valence-electron chi connectivity index (χ2n) is 3.85. The van der Waals surface area contributed by atoms with Crippen molar-refractivity contribution in [2.45, 2.75) is 4.90 Å². The zero-order chi connectivity index (χ0) is 14.0. The molecular weight excluding hydrogens is 288 g/mol. The minimum absolute atomic E-state index is 0.0199. The summed E-state index contributed by atoms with van der Waals surface area (Å²) >= 11 is 0. The number of halogens is 1. The van der Waals surface area contributed by atoms with Crippen LogP contribution >= 0.6 is 10.7 Å². The van der Waals surface area contributed by atoms with Gasteiger partial charge in [-0.15, -0.1) is 0 Å². The third-order valence-corrected chi connectivity index (χ3v) is 3.98. The van der Waals surface area contributed by atoms with Gasteiger partial charge in [-0.3, -0.25) is 0 Å². The second kappa shape index (κ2) is 5.11. The van der Waals surface area contributed by atoms with E-state index >= 15 is 0 Å². The molecule has 0 unspecified atom stereocenters. The Balaban J connectivity index is 2.56. The lowest BCUT2D eigenvalue weighted by Crippen LogP contribution is -1.94. The lowest BCUT2D eigenvalue weighted by Gasteiger charge is -2.10. The highest BCUT2D eigenvalue weighted by molar-refractivity contribution is 8.13. The number of rotatable bonds is 3. The molecule has 0 atom stereocenters. The summed E-state index contributed by atoms with van der Waals surface area (Å²) in [7, 11) is 2.95. The summed E-state index contributed by atoms with van der Waals surface area (Å²) in [4.78, 5) is -0.0199. The third-order valence-electron chi connectivity index (χ3n) is 2.63. The molecule has 0 aliphatic heterocycles. The maximum absolute atomic E-state index is 11.3. The quantitative estimate of drug-likeness (QED) is 0.885. The Morgan fingerprint density at radius 2 is 1.74 bits per heavy atom. The normalized spacial score (nSPS) is 11.3. The summed E-state index contributed by atoms with van der Waals surface area (Å²) in [5.74, 6) is 0.551. The van der Waals surface area contributed by atoms with E-state index in [0.29, 0.717) is 11.3 Å². The molecule has 0 saturated heterocycles. The minimum Gasteiger partial charge on any atom is -0.508 e. The van der Waals surface area contributed by atoms with Crippen LogP contribution < -0.4 is 4.74 Å². The molecule has 4 nitrogen and oxygen atoms in total. The first-order valence-electron chi connectivity index (χ1n) is 5.34. The number of aromatic hydroxyl groups is 1. The highest BCUT2D eigenvalue weighted by Crippen LogP contribution is 2.33. The summed E-state index contributed by atoms with van der Waals surface area (Å²) in [5.41, 5.74) is 1.51. The molecule has 0 saturated carbocycles. The Bertz CT molecular complexity index is 693. The van der Waals surface area contributed by atoms with Crippen LogP contribution in [0.4, 0.5) is 0 Å². The van der Waals surface area contributed by atoms with Crippen molar-refractivity contribution >= 4 is 19.7 Å². The van der Waals surface area contributed by atoms with Crippen LogP contribution in [0.2, 0.25) is 0 Å². The molecule has 0 aromatic heterocycles. The van der Waals surface area contributed by atoms with Crippen molar-refractivity contribution in [3.8, 4) is 22.6 Å². The van der Waals surface area contributed by atoms with Crippen molar-refractivity contribution in [3.05, 3.63) is 42.5 Å². The topological polar surface area (TPSA) is 63.6 Å². The summed E-state index contributed by atoms with van der Waals surface area (Å²) < 4.78 is 27.7. The van der Waals surface area contributed by atoms with Gasteiger partial charge in [-0.1, -0.05) is 12.1 Å². The van der Waals surface area contributed by atoms with Gasteiger partial charge in [0, 0.05) is 22.3 Å². The van der Waals surface area contributed by atoms with Crippen molar-refractivity contribution in [2.24, 2.45) is 0 Å². The molecule has 0 fully saturated rings. The van der Waals surface area contributed by atoms with Gasteiger partial charge in [0.05, 0.1) is 12.0 Å². The van der Waals surface area contributed by atoms with Crippen LogP contribution in [0.5, 0.6) is 11.5 Å². The SMILES string of the molecule is COc1cc(S(=O)(=O)Cl)ccc1-c1ccc(O)cc1. The Hall–Kier alpha value is -1.72. The number of phenolic OH excluding ortho intramolecular Hbond substituents is 1. The van der Waals surface area contributed by atoms with Crippen molar-refractivity contribution in [3.63, 3.8) is 0 Å². The highest BCUT2D eigenvalue weighted by Gasteiger charge is 2.14. The lowest BCUT2D eigenvalue weighted by atomic mass is 10.0. The predicted octanol–water partition coefficient (Wildman–Crippen LogP) is 3.00. The molecule has 0 radical (unpaired) electrons. The fourth-order valence-electron chi connectivity index (χ4n) is 1.70. The van der Waals surface area contributed by atoms with Crippen molar-refractivity contribution in [1.29, 1.82) is 0 Å². The molecule has 0 aliphatic carbocycles. The van der Waals surface area contributed by atoms with Gasteiger partial charge in [0.25, 0.3) is 9.05 Å². The minimum atomic E-state index is -3.79. The van der Waals surface area contributed by atoms with Gasteiger partial charge in [0.1, 0.15) is 11.5 Å². The molecule has 2 aromatic rings. The van der Waals surface area contributed by atoms with Crippen LogP contribution in [0.1, 0.15) is 0 Å². The Morgan fingerprint density at radius 3 is 2.26 bits per heavy atom. The van der Waals surface area contributed by atoms with E-state index in [1.54, 1.807) is 30.3 Å². The fraction of sp³-hybridized carbons (Fsp3) is 0.0769. The van der Waals surface area contributed by atoms with Crippen LogP contribution in [0.3, 0.4) is 0 Å². The molecule has 0 spiro atoms. The van der Waals surface area contributed by atoms with E-state index in [2.05, 4.69) is 0 Å². The number of ether oxygens (including phenoxy) is 1. The maximum Gasteiger partial charge on any atom is 0.261 e. The van der Waals surface area contributed by atoms with Crippen LogP contribution in [0, 0.1) is 0 Å². The Labute approximate surface area is 115 Å². The number of benzene rings is 2. The van der Waals surface area contributed by atoms with E-state index in [4.69, 9.17) is 15.4 Å². The van der Waals surface area contributed by atoms with Gasteiger partial charge >= 0.3 is 0 Å². The molecule has 100 valence electrons. The molecule has 1 N–H and O–H groups in total. The average molecular weight is 299 g/mol. The summed E-state index contributed by atoms with van der Waals surface area (Å²) in [6, 6.07) is 10.9. The smallest absolute Gasteiger partial charge is 0.261 e. The van der Waals surface area contributed by atoms with E-state index < -0.39 is 9.05 Å². The molecular formula is C13H11ClO4S. The molecule has 0 amide bonds. The standard InChI is InChI=1S/C13H11ClO4S/c1-18-13-8-11(19(14,16)17)6-7-12(13)9-2-4-10(15)5-3-9/h2-8,15H,1H3. The van der Waals surface area contributed by atoms with Gasteiger partial charge in [0.2, 0.25) is 0 Å². The molecule has 0 aliphatic rings. The molecule has 2 aromatic carbocycles. The van der Waals surface area contributed by atoms with E-state index in [1.165, 1.54) is 19.2 Å². The maximum atomic E-state index is 11.3. The van der Waals surface area contributed by atoms with Crippen molar-refractivity contribution in [1.82, 2.24) is 0 Å². The van der Waals surface area contributed by atoms with Gasteiger partial charge in [0.15, 0.2) is 0 Å². The van der Waals surface area contributed by atoms with Gasteiger partial charge in [-0.2, -0.15) is 0 Å². The van der Waals surface area contributed by atoms with E-state index in [9.17, 15) is 13.5 Å². The molecule has 0 bridgehead atoms. The van der Waals surface area contributed by atoms with Crippen LogP contribution in [0.25, 0.3) is 11.1 Å². The second-order valence-corrected chi connectivity index (χ2v) is 6.41. The average Bonchev–Trinajstić information content (AvgIpc) is 2.38. The van der Waals surface area contributed by atoms with Crippen molar-refractivity contribution in [2.75, 3.05) is 7.11 Å². The van der Waals surface area contributed by atoms with Gasteiger partial charge in [-0.25, -0.2) is 8.42 Å². The fourth-order valence-corrected chi connectivity index (χ4v) is 2.47. The van der Waals surface area contributed by atoms with Crippen LogP contribution in [-0.2, 0) is 9.05 Å². The van der Waals surface area contributed by atoms with Crippen molar-refractivity contribution < 1.29 is 18.3 Å². The number of hydrogen-bond acceptors (Lipinski definition) is 4. The first kappa shape index (κ1) is 13.7. The van der Waals surface area contributed by atoms with Crippen LogP contribution in [-0.4, -0.2) is 20.6 Å². The summed E-state index contributed by atoms with van der Waals surface area (Å²) in [5, 5.41) is 9.25. The van der Waals surface area contributed by atoms with E-state index in [-0.39, 0.29) is 10.6 Å². The number of methoxy groups -OCH3 is 1. The predicted molar refractivity (Wildman–Crippen MR) is 73.1 cm³/mol. The zero-order valence-corrected chi connectivity index (χ0v) is 11.6. The summed E-state index contributed by atoms with van der Waals surface area (Å²) in [6.07, 6.45) is 0. The molecule has 6 heteroatoms. The highest BCUT2D eigenvalue weighted by atomic mass is 35.7. The number of phenols is 1. The lowest BCUT2D eigenvalue weighted by molar-refractivity contribution is 0.415. The molecule has 2 rings (SSSR count). The zero-order valence-electron chi connectivity index (χ0n) is 10.00. The molecule has 19 heavy (non-hydrogen) atoms. The Kier molecular flexibility index (Phi) is 3.68. The largest absolute Gasteiger partial charge is 0.508 e. The van der Waals surface area contributed by atoms with E-state index in [0.717, 1.165) is 5.56 Å². The third kappa shape index (κ3) is 3.00. The first-order valence-corrected chi connectivity index (χ1v) is 7.65. The van der Waals surface area contributed by atoms with Crippen LogP contribution in [0.15, 0.2) is 47.4 Å². The van der Waals surface area contributed by atoms with Gasteiger partial charge < -0.3 is 9.84 Å². The summed E-state index contributed by atoms with van der Waals surface area (Å²) in [6.45, 7) is 0. The first-order chi connectivity index (χ1) is 8.91. The monoisotopic (exact) mass is 298 g/mol. The Morgan fingerprint density at radius 1 is 1.11 bits per heavy atom. The van der Waals surface area contributed by atoms with E-state index in [1.807, 2.05) is 0 Å². The van der Waals surface area contributed by atoms with Gasteiger partial charge in [-0.05, 0) is 29.8 Å².